The molecule has 0 saturated carbocycles. The molecule has 1 rings (SSSR count). The number of sulfonamides is 1. The van der Waals surface area contributed by atoms with Gasteiger partial charge in [-0.15, -0.1) is 0 Å². The molecule has 0 unspecified atom stereocenters. The lowest BCUT2D eigenvalue weighted by Crippen LogP contribution is -2.27. The standard InChI is InChI=1S/C12H19N3O4S/c1-12(2,3)6-7-14-20(18,19)9-4-5-10(13)11(8-9)15(16)17/h4-5,8,14H,6-7,13H2,1-3H3. The predicted molar refractivity (Wildman–Crippen MR) is 76.8 cm³/mol. The maximum atomic E-state index is 12.0. The van der Waals surface area contributed by atoms with E-state index in [1.54, 1.807) is 0 Å². The lowest BCUT2D eigenvalue weighted by atomic mass is 9.93. The number of nitro groups is 1. The molecule has 0 aliphatic heterocycles. The van der Waals surface area contributed by atoms with Gasteiger partial charge in [-0.3, -0.25) is 10.1 Å². The van der Waals surface area contributed by atoms with Crippen LogP contribution in [-0.4, -0.2) is 19.9 Å². The van der Waals surface area contributed by atoms with Gasteiger partial charge >= 0.3 is 0 Å². The second kappa shape index (κ2) is 5.76. The van der Waals surface area contributed by atoms with E-state index < -0.39 is 20.6 Å². The van der Waals surface area contributed by atoms with E-state index in [2.05, 4.69) is 4.72 Å². The summed E-state index contributed by atoms with van der Waals surface area (Å²) in [7, 11) is -3.77. The minimum Gasteiger partial charge on any atom is -0.393 e. The molecule has 112 valence electrons. The molecule has 20 heavy (non-hydrogen) atoms. The van der Waals surface area contributed by atoms with E-state index in [1.165, 1.54) is 12.1 Å². The Bertz CT molecular complexity index is 606. The van der Waals surface area contributed by atoms with Crippen LogP contribution in [0, 0.1) is 15.5 Å². The molecular formula is C12H19N3O4S. The zero-order chi connectivity index (χ0) is 15.6. The van der Waals surface area contributed by atoms with Crippen molar-refractivity contribution in [2.75, 3.05) is 12.3 Å². The third-order valence-electron chi connectivity index (χ3n) is 2.68. The molecule has 1 aromatic carbocycles. The van der Waals surface area contributed by atoms with Crippen molar-refractivity contribution in [1.82, 2.24) is 4.72 Å². The van der Waals surface area contributed by atoms with Crippen LogP contribution in [0.5, 0.6) is 0 Å². The van der Waals surface area contributed by atoms with Crippen molar-refractivity contribution in [2.24, 2.45) is 5.41 Å². The number of nitro benzene ring substituents is 1. The fraction of sp³-hybridized carbons (Fsp3) is 0.500. The van der Waals surface area contributed by atoms with Gasteiger partial charge in [0.25, 0.3) is 5.69 Å². The minimum atomic E-state index is -3.77. The molecule has 0 fully saturated rings. The van der Waals surface area contributed by atoms with E-state index in [-0.39, 0.29) is 22.5 Å². The molecular weight excluding hydrogens is 282 g/mol. The van der Waals surface area contributed by atoms with Crippen molar-refractivity contribution < 1.29 is 13.3 Å². The Kier molecular flexibility index (Phi) is 4.72. The van der Waals surface area contributed by atoms with Crippen molar-refractivity contribution >= 4 is 21.4 Å². The number of rotatable bonds is 5. The normalized spacial score (nSPS) is 12.3. The van der Waals surface area contributed by atoms with Gasteiger partial charge in [0.1, 0.15) is 5.69 Å². The van der Waals surface area contributed by atoms with E-state index in [0.29, 0.717) is 6.42 Å². The lowest BCUT2D eigenvalue weighted by Gasteiger charge is -2.18. The molecule has 0 atom stereocenters. The molecule has 8 heteroatoms. The highest BCUT2D eigenvalue weighted by molar-refractivity contribution is 7.89. The zero-order valence-electron chi connectivity index (χ0n) is 11.7. The van der Waals surface area contributed by atoms with Crippen molar-refractivity contribution in [3.05, 3.63) is 28.3 Å². The van der Waals surface area contributed by atoms with E-state index >= 15 is 0 Å². The third-order valence-corrected chi connectivity index (χ3v) is 4.13. The van der Waals surface area contributed by atoms with E-state index in [9.17, 15) is 18.5 Å². The number of nitrogens with one attached hydrogen (secondary N) is 1. The van der Waals surface area contributed by atoms with Crippen LogP contribution in [0.3, 0.4) is 0 Å². The number of nitrogen functional groups attached to an aromatic ring is 1. The second-order valence-corrected chi connectivity index (χ2v) is 7.45. The fourth-order valence-corrected chi connectivity index (χ4v) is 2.54. The molecule has 7 nitrogen and oxygen atoms in total. The molecule has 0 aliphatic carbocycles. The van der Waals surface area contributed by atoms with Gasteiger partial charge in [-0.05, 0) is 24.0 Å². The van der Waals surface area contributed by atoms with Gasteiger partial charge in [0, 0.05) is 12.6 Å². The van der Waals surface area contributed by atoms with Crippen molar-refractivity contribution in [3.63, 3.8) is 0 Å². The van der Waals surface area contributed by atoms with Gasteiger partial charge in [-0.2, -0.15) is 0 Å². The summed E-state index contributed by atoms with van der Waals surface area (Å²) in [6.07, 6.45) is 0.656. The second-order valence-electron chi connectivity index (χ2n) is 5.69. The summed E-state index contributed by atoms with van der Waals surface area (Å²) in [5, 5.41) is 10.8. The quantitative estimate of drug-likeness (QED) is 0.489. The van der Waals surface area contributed by atoms with Crippen LogP contribution >= 0.6 is 0 Å². The number of anilines is 1. The van der Waals surface area contributed by atoms with Crippen LogP contribution in [-0.2, 0) is 10.0 Å². The molecule has 3 N–H and O–H groups in total. The SMILES string of the molecule is CC(C)(C)CCNS(=O)(=O)c1ccc(N)c([N+](=O)[O-])c1. The number of hydrogen-bond acceptors (Lipinski definition) is 5. The lowest BCUT2D eigenvalue weighted by molar-refractivity contribution is -0.384. The molecule has 0 heterocycles. The predicted octanol–water partition coefficient (Wildman–Crippen LogP) is 1.89. The summed E-state index contributed by atoms with van der Waals surface area (Å²) in [5.74, 6) is 0. The van der Waals surface area contributed by atoms with E-state index in [0.717, 1.165) is 6.07 Å². The fourth-order valence-electron chi connectivity index (χ4n) is 1.49. The van der Waals surface area contributed by atoms with Crippen LogP contribution in [0.1, 0.15) is 27.2 Å². The maximum Gasteiger partial charge on any atom is 0.293 e. The van der Waals surface area contributed by atoms with Crippen molar-refractivity contribution in [2.45, 2.75) is 32.1 Å². The average Bonchev–Trinajstić information content (AvgIpc) is 2.26. The Morgan fingerprint density at radius 2 is 1.95 bits per heavy atom. The first kappa shape index (κ1) is 16.4. The van der Waals surface area contributed by atoms with Crippen LogP contribution in [0.25, 0.3) is 0 Å². The summed E-state index contributed by atoms with van der Waals surface area (Å²) >= 11 is 0. The van der Waals surface area contributed by atoms with Crippen LogP contribution in [0.2, 0.25) is 0 Å². The zero-order valence-corrected chi connectivity index (χ0v) is 12.5. The number of hydrogen-bond donors (Lipinski definition) is 2. The van der Waals surface area contributed by atoms with E-state index in [1.807, 2.05) is 20.8 Å². The van der Waals surface area contributed by atoms with Gasteiger partial charge in [-0.25, -0.2) is 13.1 Å². The Labute approximate surface area is 118 Å². The monoisotopic (exact) mass is 301 g/mol. The Balaban J connectivity index is 2.93. The summed E-state index contributed by atoms with van der Waals surface area (Å²) < 4.78 is 26.5. The summed E-state index contributed by atoms with van der Waals surface area (Å²) in [4.78, 5) is 9.89. The molecule has 1 aromatic rings. The van der Waals surface area contributed by atoms with Crippen LogP contribution in [0.4, 0.5) is 11.4 Å². The van der Waals surface area contributed by atoms with E-state index in [4.69, 9.17) is 5.73 Å². The molecule has 0 aliphatic rings. The highest BCUT2D eigenvalue weighted by Gasteiger charge is 2.20. The number of nitrogens with zero attached hydrogens (tertiary/aromatic N) is 1. The molecule has 0 aromatic heterocycles. The largest absolute Gasteiger partial charge is 0.393 e. The first-order chi connectivity index (χ1) is 9.03. The Hall–Kier alpha value is -1.67. The van der Waals surface area contributed by atoms with Gasteiger partial charge in [0.05, 0.1) is 9.82 Å². The molecule has 0 amide bonds. The minimum absolute atomic E-state index is 0.00433. The summed E-state index contributed by atoms with van der Waals surface area (Å²) in [5.41, 5.74) is 4.95. The van der Waals surface area contributed by atoms with Crippen molar-refractivity contribution in [3.8, 4) is 0 Å². The Morgan fingerprint density at radius 1 is 1.35 bits per heavy atom. The first-order valence-corrected chi connectivity index (χ1v) is 7.55. The highest BCUT2D eigenvalue weighted by atomic mass is 32.2. The number of benzene rings is 1. The molecule has 0 radical (unpaired) electrons. The molecule has 0 spiro atoms. The van der Waals surface area contributed by atoms with Crippen LogP contribution in [0.15, 0.2) is 23.1 Å². The maximum absolute atomic E-state index is 12.0. The summed E-state index contributed by atoms with van der Waals surface area (Å²) in [6, 6.07) is 3.44. The van der Waals surface area contributed by atoms with Crippen LogP contribution < -0.4 is 10.5 Å². The number of nitrogens with two attached hydrogens (primary N) is 1. The van der Waals surface area contributed by atoms with Gasteiger partial charge in [-0.1, -0.05) is 20.8 Å². The topological polar surface area (TPSA) is 115 Å². The summed E-state index contributed by atoms with van der Waals surface area (Å²) in [6.45, 7) is 6.25. The van der Waals surface area contributed by atoms with Gasteiger partial charge in [0.2, 0.25) is 10.0 Å². The molecule has 0 saturated heterocycles. The van der Waals surface area contributed by atoms with Gasteiger partial charge < -0.3 is 5.73 Å². The van der Waals surface area contributed by atoms with Gasteiger partial charge in [0.15, 0.2) is 0 Å². The Morgan fingerprint density at radius 3 is 2.45 bits per heavy atom. The average molecular weight is 301 g/mol. The third kappa shape index (κ3) is 4.46. The first-order valence-electron chi connectivity index (χ1n) is 6.06. The molecule has 0 bridgehead atoms. The smallest absolute Gasteiger partial charge is 0.293 e. The van der Waals surface area contributed by atoms with Crippen molar-refractivity contribution in [1.29, 1.82) is 0 Å². The highest BCUT2D eigenvalue weighted by Crippen LogP contribution is 2.25.